The van der Waals surface area contributed by atoms with Crippen molar-refractivity contribution in [2.75, 3.05) is 31.1 Å². The molecule has 144 valence electrons. The van der Waals surface area contributed by atoms with Crippen molar-refractivity contribution in [2.45, 2.75) is 25.6 Å². The molecule has 0 aliphatic carbocycles. The van der Waals surface area contributed by atoms with E-state index in [4.69, 9.17) is 9.26 Å². The van der Waals surface area contributed by atoms with Gasteiger partial charge in [0.05, 0.1) is 18.8 Å². The van der Waals surface area contributed by atoms with Gasteiger partial charge in [0.1, 0.15) is 5.82 Å². The fourth-order valence-corrected chi connectivity index (χ4v) is 4.10. The molecule has 3 aromatic rings. The van der Waals surface area contributed by atoms with Crippen molar-refractivity contribution in [1.82, 2.24) is 20.0 Å². The number of rotatable bonds is 4. The van der Waals surface area contributed by atoms with Gasteiger partial charge < -0.3 is 14.2 Å². The fourth-order valence-electron chi connectivity index (χ4n) is 4.10. The summed E-state index contributed by atoms with van der Waals surface area (Å²) in [6, 6.07) is 14.9. The Morgan fingerprint density at radius 3 is 2.86 bits per heavy atom. The van der Waals surface area contributed by atoms with Crippen molar-refractivity contribution in [3.05, 3.63) is 60.0 Å². The maximum Gasteiger partial charge on any atom is 0.258 e. The van der Waals surface area contributed by atoms with Crippen LogP contribution in [-0.4, -0.2) is 58.4 Å². The van der Waals surface area contributed by atoms with E-state index in [9.17, 15) is 0 Å². The lowest BCUT2D eigenvalue weighted by atomic mass is 10.1. The second-order valence-electron chi connectivity index (χ2n) is 7.39. The monoisotopic (exact) mass is 377 g/mol. The quantitative estimate of drug-likeness (QED) is 0.692. The van der Waals surface area contributed by atoms with Gasteiger partial charge in [-0.15, -0.1) is 0 Å². The Balaban J connectivity index is 1.34. The average molecular weight is 377 g/mol. The molecule has 2 saturated heterocycles. The number of benzene rings is 1. The van der Waals surface area contributed by atoms with Crippen LogP contribution in [0.25, 0.3) is 11.5 Å². The van der Waals surface area contributed by atoms with Gasteiger partial charge in [0.15, 0.2) is 5.82 Å². The lowest BCUT2D eigenvalue weighted by molar-refractivity contribution is -0.0499. The molecule has 0 radical (unpaired) electrons. The van der Waals surface area contributed by atoms with Crippen molar-refractivity contribution >= 4 is 5.82 Å². The molecule has 1 aromatic carbocycles. The Hall–Kier alpha value is -2.77. The molecule has 0 amide bonds. The first-order valence-electron chi connectivity index (χ1n) is 9.67. The van der Waals surface area contributed by atoms with E-state index < -0.39 is 0 Å². The molecule has 7 heteroatoms. The summed E-state index contributed by atoms with van der Waals surface area (Å²) in [5.74, 6) is 2.08. The summed E-state index contributed by atoms with van der Waals surface area (Å²) in [7, 11) is 0. The second kappa shape index (κ2) is 7.33. The molecule has 2 atom stereocenters. The van der Waals surface area contributed by atoms with Crippen molar-refractivity contribution in [3.63, 3.8) is 0 Å². The van der Waals surface area contributed by atoms with Gasteiger partial charge in [-0.3, -0.25) is 4.90 Å². The summed E-state index contributed by atoms with van der Waals surface area (Å²) in [6.45, 7) is 6.24. The maximum atomic E-state index is 6.09. The number of hydrogen-bond donors (Lipinski definition) is 0. The number of morpholine rings is 1. The van der Waals surface area contributed by atoms with E-state index in [0.717, 1.165) is 44.2 Å². The molecule has 4 heterocycles. The Labute approximate surface area is 163 Å². The molecular formula is C21H23N5O2. The van der Waals surface area contributed by atoms with Gasteiger partial charge >= 0.3 is 0 Å². The summed E-state index contributed by atoms with van der Waals surface area (Å²) < 4.78 is 11.4. The predicted octanol–water partition coefficient (Wildman–Crippen LogP) is 2.53. The second-order valence-corrected chi connectivity index (χ2v) is 7.39. The molecule has 2 aromatic heterocycles. The number of aryl methyl sites for hydroxylation is 1. The number of ether oxygens (including phenoxy) is 1. The van der Waals surface area contributed by atoms with Gasteiger partial charge in [0.25, 0.3) is 5.89 Å². The van der Waals surface area contributed by atoms with E-state index in [1.165, 1.54) is 5.56 Å². The van der Waals surface area contributed by atoms with Crippen LogP contribution < -0.4 is 4.90 Å². The highest BCUT2D eigenvalue weighted by molar-refractivity contribution is 5.59. The van der Waals surface area contributed by atoms with Crippen molar-refractivity contribution < 1.29 is 9.26 Å². The minimum atomic E-state index is 0.202. The van der Waals surface area contributed by atoms with Crippen LogP contribution in [0, 0.1) is 6.92 Å². The highest BCUT2D eigenvalue weighted by Gasteiger charge is 2.40. The minimum absolute atomic E-state index is 0.202. The number of nitrogens with zero attached hydrogens (tertiary/aromatic N) is 5. The maximum absolute atomic E-state index is 6.09. The molecular weight excluding hydrogens is 354 g/mol. The van der Waals surface area contributed by atoms with Crippen LogP contribution >= 0.6 is 0 Å². The summed E-state index contributed by atoms with van der Waals surface area (Å²) in [5.41, 5.74) is 2.23. The predicted molar refractivity (Wildman–Crippen MR) is 105 cm³/mol. The number of pyridine rings is 1. The van der Waals surface area contributed by atoms with E-state index in [1.807, 2.05) is 19.1 Å². The van der Waals surface area contributed by atoms with Crippen molar-refractivity contribution in [3.8, 4) is 11.5 Å². The molecule has 0 saturated carbocycles. The van der Waals surface area contributed by atoms with Gasteiger partial charge in [0.2, 0.25) is 0 Å². The molecule has 0 spiro atoms. The first kappa shape index (κ1) is 17.3. The number of hydrogen-bond acceptors (Lipinski definition) is 7. The number of fused-ring (bicyclic) bond motifs is 1. The zero-order chi connectivity index (χ0) is 18.9. The van der Waals surface area contributed by atoms with E-state index in [1.54, 1.807) is 6.20 Å². The zero-order valence-corrected chi connectivity index (χ0v) is 15.9. The Morgan fingerprint density at radius 1 is 1.14 bits per heavy atom. The lowest BCUT2D eigenvalue weighted by Crippen LogP contribution is -2.50. The van der Waals surface area contributed by atoms with Gasteiger partial charge in [-0.05, 0) is 24.6 Å². The standard InChI is InChI=1S/C21H23N5O2/c1-15-23-21(28-24-15)17-7-8-22-20(11-17)26-13-18-19(14-26)27-10-9-25(18)12-16-5-3-2-4-6-16/h2-8,11,18-19H,9-10,12-14H2,1H3. The molecule has 2 aliphatic rings. The van der Waals surface area contributed by atoms with Gasteiger partial charge in [0, 0.05) is 37.9 Å². The molecule has 2 aliphatic heterocycles. The van der Waals surface area contributed by atoms with Crippen LogP contribution in [0.15, 0.2) is 53.2 Å². The highest BCUT2D eigenvalue weighted by Crippen LogP contribution is 2.29. The smallest absolute Gasteiger partial charge is 0.258 e. The number of anilines is 1. The number of aromatic nitrogens is 3. The van der Waals surface area contributed by atoms with Gasteiger partial charge in [-0.2, -0.15) is 4.98 Å². The van der Waals surface area contributed by atoms with E-state index >= 15 is 0 Å². The van der Waals surface area contributed by atoms with Gasteiger partial charge in [-0.25, -0.2) is 4.98 Å². The SMILES string of the molecule is Cc1noc(-c2ccnc(N3CC4OCCN(Cc5ccccc5)C4C3)c2)n1. The molecule has 5 rings (SSSR count). The van der Waals surface area contributed by atoms with E-state index in [-0.39, 0.29) is 6.10 Å². The third-order valence-electron chi connectivity index (χ3n) is 5.49. The van der Waals surface area contributed by atoms with Crippen LogP contribution in [0.3, 0.4) is 0 Å². The van der Waals surface area contributed by atoms with Crippen molar-refractivity contribution in [1.29, 1.82) is 0 Å². The fraction of sp³-hybridized carbons (Fsp3) is 0.381. The summed E-state index contributed by atoms with van der Waals surface area (Å²) in [5, 5.41) is 3.88. The first-order chi connectivity index (χ1) is 13.8. The molecule has 7 nitrogen and oxygen atoms in total. The Kier molecular flexibility index (Phi) is 4.54. The van der Waals surface area contributed by atoms with Crippen LogP contribution in [0.5, 0.6) is 0 Å². The zero-order valence-electron chi connectivity index (χ0n) is 15.9. The normalized spacial score (nSPS) is 22.4. The molecule has 0 bridgehead atoms. The van der Waals surface area contributed by atoms with Crippen LogP contribution in [-0.2, 0) is 11.3 Å². The summed E-state index contributed by atoms with van der Waals surface area (Å²) in [6.07, 6.45) is 2.00. The Morgan fingerprint density at radius 2 is 2.04 bits per heavy atom. The van der Waals surface area contributed by atoms with Gasteiger partial charge in [-0.1, -0.05) is 35.5 Å². The topological polar surface area (TPSA) is 67.5 Å². The molecule has 2 fully saturated rings. The van der Waals surface area contributed by atoms with Crippen LogP contribution in [0.1, 0.15) is 11.4 Å². The van der Waals surface area contributed by atoms with Crippen LogP contribution in [0.4, 0.5) is 5.82 Å². The minimum Gasteiger partial charge on any atom is -0.373 e. The molecule has 2 unspecified atom stereocenters. The molecule has 28 heavy (non-hydrogen) atoms. The van der Waals surface area contributed by atoms with Crippen LogP contribution in [0.2, 0.25) is 0 Å². The van der Waals surface area contributed by atoms with E-state index in [2.05, 4.69) is 55.3 Å². The Bertz CT molecular complexity index is 945. The highest BCUT2D eigenvalue weighted by atomic mass is 16.5. The summed E-state index contributed by atoms with van der Waals surface area (Å²) in [4.78, 5) is 13.7. The first-order valence-corrected chi connectivity index (χ1v) is 9.67. The summed E-state index contributed by atoms with van der Waals surface area (Å²) >= 11 is 0. The van der Waals surface area contributed by atoms with Crippen molar-refractivity contribution in [2.24, 2.45) is 0 Å². The van der Waals surface area contributed by atoms with E-state index in [0.29, 0.717) is 17.8 Å². The third kappa shape index (κ3) is 3.39. The molecule has 0 N–H and O–H groups in total. The lowest BCUT2D eigenvalue weighted by Gasteiger charge is -2.36. The third-order valence-corrected chi connectivity index (χ3v) is 5.49. The largest absolute Gasteiger partial charge is 0.373 e. The average Bonchev–Trinajstić information content (AvgIpc) is 3.36.